The van der Waals surface area contributed by atoms with Gasteiger partial charge in [-0.15, -0.1) is 17.8 Å². The van der Waals surface area contributed by atoms with E-state index in [4.69, 9.17) is 11.5 Å². The maximum Gasteiger partial charge on any atom is 0.323 e. The SMILES string of the molecule is C#CCN(CC(=O)O)C(=O)c1csc2ccccc12. The molecular weight excluding hydrogens is 262 g/mol. The molecule has 0 unspecified atom stereocenters. The van der Waals surface area contributed by atoms with E-state index in [1.54, 1.807) is 5.38 Å². The van der Waals surface area contributed by atoms with Gasteiger partial charge in [0.2, 0.25) is 0 Å². The Hall–Kier alpha value is -2.32. The van der Waals surface area contributed by atoms with Crippen LogP contribution in [0.3, 0.4) is 0 Å². The van der Waals surface area contributed by atoms with Crippen molar-refractivity contribution in [1.82, 2.24) is 4.90 Å². The number of nitrogens with zero attached hydrogens (tertiary/aromatic N) is 1. The highest BCUT2D eigenvalue weighted by Gasteiger charge is 2.20. The van der Waals surface area contributed by atoms with Crippen LogP contribution in [0.4, 0.5) is 0 Å². The predicted octanol–water partition coefficient (Wildman–Crippen LogP) is 2.06. The number of amides is 1. The molecule has 0 aliphatic heterocycles. The highest BCUT2D eigenvalue weighted by molar-refractivity contribution is 7.17. The third-order valence-corrected chi connectivity index (χ3v) is 3.57. The van der Waals surface area contributed by atoms with Crippen molar-refractivity contribution in [3.63, 3.8) is 0 Å². The maximum absolute atomic E-state index is 12.3. The van der Waals surface area contributed by atoms with Crippen LogP contribution in [0, 0.1) is 12.3 Å². The summed E-state index contributed by atoms with van der Waals surface area (Å²) < 4.78 is 0.988. The first-order valence-corrected chi connectivity index (χ1v) is 6.42. The Morgan fingerprint density at radius 2 is 2.11 bits per heavy atom. The van der Waals surface area contributed by atoms with Crippen LogP contribution in [0.1, 0.15) is 10.4 Å². The van der Waals surface area contributed by atoms with Crippen LogP contribution in [0.5, 0.6) is 0 Å². The van der Waals surface area contributed by atoms with E-state index in [1.807, 2.05) is 24.3 Å². The predicted molar refractivity (Wildman–Crippen MR) is 74.2 cm³/mol. The first kappa shape index (κ1) is 13.1. The Balaban J connectivity index is 2.36. The number of rotatable bonds is 4. The number of fused-ring (bicyclic) bond motifs is 1. The lowest BCUT2D eigenvalue weighted by Gasteiger charge is -2.17. The molecule has 0 radical (unpaired) electrons. The second-order valence-corrected chi connectivity index (χ2v) is 4.82. The van der Waals surface area contributed by atoms with Crippen LogP contribution in [0.15, 0.2) is 29.6 Å². The van der Waals surface area contributed by atoms with Crippen molar-refractivity contribution < 1.29 is 14.7 Å². The first-order valence-electron chi connectivity index (χ1n) is 5.54. The van der Waals surface area contributed by atoms with E-state index >= 15 is 0 Å². The Morgan fingerprint density at radius 3 is 2.79 bits per heavy atom. The van der Waals surface area contributed by atoms with Gasteiger partial charge in [0, 0.05) is 15.5 Å². The summed E-state index contributed by atoms with van der Waals surface area (Å²) in [7, 11) is 0. The van der Waals surface area contributed by atoms with Gasteiger partial charge < -0.3 is 10.0 Å². The number of carbonyl (C=O) groups excluding carboxylic acids is 1. The molecule has 0 bridgehead atoms. The Kier molecular flexibility index (Phi) is 3.83. The molecule has 1 aromatic carbocycles. The second-order valence-electron chi connectivity index (χ2n) is 3.90. The maximum atomic E-state index is 12.3. The van der Waals surface area contributed by atoms with Crippen LogP contribution < -0.4 is 0 Å². The average Bonchev–Trinajstić information content (AvgIpc) is 2.80. The van der Waals surface area contributed by atoms with E-state index in [2.05, 4.69) is 5.92 Å². The smallest absolute Gasteiger partial charge is 0.323 e. The molecule has 0 fully saturated rings. The molecule has 0 aliphatic rings. The Labute approximate surface area is 114 Å². The molecule has 96 valence electrons. The third-order valence-electron chi connectivity index (χ3n) is 2.61. The molecule has 1 aromatic heterocycles. The number of benzene rings is 1. The monoisotopic (exact) mass is 273 g/mol. The van der Waals surface area contributed by atoms with E-state index in [1.165, 1.54) is 11.3 Å². The molecule has 0 atom stereocenters. The fourth-order valence-corrected chi connectivity index (χ4v) is 2.72. The lowest BCUT2D eigenvalue weighted by Crippen LogP contribution is -2.35. The van der Waals surface area contributed by atoms with E-state index in [9.17, 15) is 9.59 Å². The molecule has 0 saturated carbocycles. The lowest BCUT2D eigenvalue weighted by atomic mass is 10.1. The molecule has 0 saturated heterocycles. The topological polar surface area (TPSA) is 57.6 Å². The molecular formula is C14H11NO3S. The number of terminal acetylenes is 1. The summed E-state index contributed by atoms with van der Waals surface area (Å²) >= 11 is 1.45. The van der Waals surface area contributed by atoms with E-state index in [-0.39, 0.29) is 12.5 Å². The molecule has 19 heavy (non-hydrogen) atoms. The normalized spacial score (nSPS) is 10.1. The average molecular weight is 273 g/mol. The summed E-state index contributed by atoms with van der Waals surface area (Å²) in [5, 5.41) is 11.4. The highest BCUT2D eigenvalue weighted by atomic mass is 32.1. The third kappa shape index (κ3) is 2.75. The summed E-state index contributed by atoms with van der Waals surface area (Å²) in [5.74, 6) is 0.880. The van der Waals surface area contributed by atoms with Gasteiger partial charge >= 0.3 is 5.97 Å². The van der Waals surface area contributed by atoms with E-state index in [0.29, 0.717) is 5.56 Å². The fourth-order valence-electron chi connectivity index (χ4n) is 1.79. The minimum absolute atomic E-state index is 0.0185. The van der Waals surface area contributed by atoms with Crippen LogP contribution in [-0.4, -0.2) is 35.0 Å². The molecule has 1 N–H and O–H groups in total. The van der Waals surface area contributed by atoms with Crippen molar-refractivity contribution >= 4 is 33.3 Å². The molecule has 5 heteroatoms. The highest BCUT2D eigenvalue weighted by Crippen LogP contribution is 2.26. The summed E-state index contributed by atoms with van der Waals surface area (Å²) in [4.78, 5) is 24.2. The molecule has 1 heterocycles. The number of hydrogen-bond acceptors (Lipinski definition) is 3. The zero-order valence-electron chi connectivity index (χ0n) is 10.00. The largest absolute Gasteiger partial charge is 0.480 e. The van der Waals surface area contributed by atoms with Gasteiger partial charge in [-0.1, -0.05) is 24.1 Å². The lowest BCUT2D eigenvalue weighted by molar-refractivity contribution is -0.137. The number of hydrogen-bond donors (Lipinski definition) is 1. The van der Waals surface area contributed by atoms with Gasteiger partial charge in [-0.2, -0.15) is 0 Å². The van der Waals surface area contributed by atoms with Crippen LogP contribution in [0.2, 0.25) is 0 Å². The first-order chi connectivity index (χ1) is 9.13. The Morgan fingerprint density at radius 1 is 1.37 bits per heavy atom. The van der Waals surface area contributed by atoms with Crippen molar-refractivity contribution in [3.8, 4) is 12.3 Å². The number of thiophene rings is 1. The minimum atomic E-state index is -1.08. The molecule has 2 rings (SSSR count). The van der Waals surface area contributed by atoms with Crippen LogP contribution in [-0.2, 0) is 4.79 Å². The van der Waals surface area contributed by atoms with Crippen molar-refractivity contribution in [2.45, 2.75) is 0 Å². The van der Waals surface area contributed by atoms with Crippen LogP contribution in [0.25, 0.3) is 10.1 Å². The standard InChI is InChI=1S/C14H11NO3S/c1-2-7-15(8-13(16)17)14(18)11-9-19-12-6-4-3-5-10(11)12/h1,3-6,9H,7-8H2,(H,16,17). The number of carbonyl (C=O) groups is 2. The molecule has 0 spiro atoms. The van der Waals surface area contributed by atoms with Gasteiger partial charge in [0.25, 0.3) is 5.91 Å². The van der Waals surface area contributed by atoms with Gasteiger partial charge in [0.15, 0.2) is 0 Å². The van der Waals surface area contributed by atoms with Crippen LogP contribution >= 0.6 is 11.3 Å². The molecule has 4 nitrogen and oxygen atoms in total. The summed E-state index contributed by atoms with van der Waals surface area (Å²) in [6.07, 6.45) is 5.17. The minimum Gasteiger partial charge on any atom is -0.480 e. The quantitative estimate of drug-likeness (QED) is 0.867. The molecule has 2 aromatic rings. The van der Waals surface area contributed by atoms with E-state index < -0.39 is 12.5 Å². The fraction of sp³-hybridized carbons (Fsp3) is 0.143. The number of carboxylic acids is 1. The van der Waals surface area contributed by atoms with Gasteiger partial charge in [-0.3, -0.25) is 9.59 Å². The van der Waals surface area contributed by atoms with Crippen molar-refractivity contribution in [2.75, 3.05) is 13.1 Å². The van der Waals surface area contributed by atoms with Crippen molar-refractivity contribution in [1.29, 1.82) is 0 Å². The molecule has 0 aliphatic carbocycles. The number of aliphatic carboxylic acids is 1. The van der Waals surface area contributed by atoms with Gasteiger partial charge in [0.1, 0.15) is 6.54 Å². The summed E-state index contributed by atoms with van der Waals surface area (Å²) in [5.41, 5.74) is 0.497. The zero-order chi connectivity index (χ0) is 13.8. The summed E-state index contributed by atoms with van der Waals surface area (Å²) in [6.45, 7) is -0.414. The second kappa shape index (κ2) is 5.55. The zero-order valence-corrected chi connectivity index (χ0v) is 10.8. The van der Waals surface area contributed by atoms with Gasteiger partial charge in [-0.25, -0.2) is 0 Å². The molecule has 1 amide bonds. The Bertz CT molecular complexity index is 669. The number of carboxylic acid groups (broad SMARTS) is 1. The van der Waals surface area contributed by atoms with Gasteiger partial charge in [0.05, 0.1) is 12.1 Å². The van der Waals surface area contributed by atoms with Gasteiger partial charge in [-0.05, 0) is 6.07 Å². The summed E-state index contributed by atoms with van der Waals surface area (Å²) in [6, 6.07) is 7.49. The van der Waals surface area contributed by atoms with Crippen molar-refractivity contribution in [2.24, 2.45) is 0 Å². The van der Waals surface area contributed by atoms with E-state index in [0.717, 1.165) is 15.0 Å². The van der Waals surface area contributed by atoms with Crippen molar-refractivity contribution in [3.05, 3.63) is 35.2 Å².